The number of pyridine rings is 1. The predicted octanol–water partition coefficient (Wildman–Crippen LogP) is 4.07. The molecule has 1 fully saturated rings. The zero-order chi connectivity index (χ0) is 16.9. The predicted molar refractivity (Wildman–Crippen MR) is 97.2 cm³/mol. The van der Waals surface area contributed by atoms with Gasteiger partial charge in [0.25, 0.3) is 0 Å². The zero-order valence-corrected chi connectivity index (χ0v) is 14.6. The Morgan fingerprint density at radius 1 is 1.33 bits per heavy atom. The first kappa shape index (κ1) is 16.8. The lowest BCUT2D eigenvalue weighted by molar-refractivity contribution is -0.132. The lowest BCUT2D eigenvalue weighted by Crippen LogP contribution is -2.30. The standard InChI is InChI=1S/C19H22ClN3O/c1-21-18-13-15(10-11-22-18)17-3-2-12-23(17)19(24)9-6-14-4-7-16(20)8-5-14/h4-5,7-8,10-11,13,17H,2-3,6,9,12H2,1H3,(H,21,22)/t17-/m0/s1. The number of nitrogens with zero attached hydrogens (tertiary/aromatic N) is 2. The lowest BCUT2D eigenvalue weighted by Gasteiger charge is -2.25. The van der Waals surface area contributed by atoms with Gasteiger partial charge in [-0.3, -0.25) is 4.79 Å². The number of amides is 1. The van der Waals surface area contributed by atoms with Crippen molar-refractivity contribution in [3.05, 3.63) is 58.7 Å². The van der Waals surface area contributed by atoms with Crippen molar-refractivity contribution < 1.29 is 4.79 Å². The molecule has 0 saturated carbocycles. The molecule has 4 nitrogen and oxygen atoms in total. The quantitative estimate of drug-likeness (QED) is 0.890. The summed E-state index contributed by atoms with van der Waals surface area (Å²) in [6.45, 7) is 0.835. The Kier molecular flexibility index (Phi) is 5.36. The maximum atomic E-state index is 12.7. The number of aromatic nitrogens is 1. The van der Waals surface area contributed by atoms with E-state index in [0.29, 0.717) is 6.42 Å². The molecule has 0 bridgehead atoms. The topological polar surface area (TPSA) is 45.2 Å². The highest BCUT2D eigenvalue weighted by Gasteiger charge is 2.29. The van der Waals surface area contributed by atoms with Gasteiger partial charge in [0.2, 0.25) is 5.91 Å². The Morgan fingerprint density at radius 2 is 2.12 bits per heavy atom. The molecule has 1 N–H and O–H groups in total. The van der Waals surface area contributed by atoms with Crippen molar-refractivity contribution in [2.24, 2.45) is 0 Å². The zero-order valence-electron chi connectivity index (χ0n) is 13.8. The molecule has 1 aliphatic heterocycles. The van der Waals surface area contributed by atoms with Gasteiger partial charge in [0, 0.05) is 31.2 Å². The van der Waals surface area contributed by atoms with Crippen LogP contribution >= 0.6 is 11.6 Å². The first-order valence-corrected chi connectivity index (χ1v) is 8.73. The number of aryl methyl sites for hydroxylation is 1. The number of hydrogen-bond acceptors (Lipinski definition) is 3. The third kappa shape index (κ3) is 3.88. The number of halogens is 1. The minimum Gasteiger partial charge on any atom is -0.373 e. The molecule has 126 valence electrons. The van der Waals surface area contributed by atoms with Gasteiger partial charge in [-0.2, -0.15) is 0 Å². The second-order valence-corrected chi connectivity index (χ2v) is 6.53. The highest BCUT2D eigenvalue weighted by Crippen LogP contribution is 2.33. The number of carbonyl (C=O) groups excluding carboxylic acids is 1. The van der Waals surface area contributed by atoms with Crippen molar-refractivity contribution in [2.45, 2.75) is 31.7 Å². The van der Waals surface area contributed by atoms with Crippen molar-refractivity contribution in [1.29, 1.82) is 0 Å². The summed E-state index contributed by atoms with van der Waals surface area (Å²) >= 11 is 5.90. The average Bonchev–Trinajstić information content (AvgIpc) is 3.11. The van der Waals surface area contributed by atoms with Crippen LogP contribution in [0.2, 0.25) is 5.02 Å². The fourth-order valence-electron chi connectivity index (χ4n) is 3.25. The third-order valence-electron chi connectivity index (χ3n) is 4.54. The van der Waals surface area contributed by atoms with E-state index in [1.165, 1.54) is 0 Å². The molecule has 2 heterocycles. The van der Waals surface area contributed by atoms with E-state index in [-0.39, 0.29) is 11.9 Å². The third-order valence-corrected chi connectivity index (χ3v) is 4.79. The van der Waals surface area contributed by atoms with E-state index >= 15 is 0 Å². The summed E-state index contributed by atoms with van der Waals surface area (Å²) < 4.78 is 0. The maximum Gasteiger partial charge on any atom is 0.223 e. The molecule has 3 rings (SSSR count). The minimum atomic E-state index is 0.165. The van der Waals surface area contributed by atoms with Crippen molar-refractivity contribution >= 4 is 23.3 Å². The van der Waals surface area contributed by atoms with E-state index in [1.807, 2.05) is 48.3 Å². The molecule has 1 aromatic carbocycles. The van der Waals surface area contributed by atoms with Gasteiger partial charge >= 0.3 is 0 Å². The van der Waals surface area contributed by atoms with E-state index < -0.39 is 0 Å². The Morgan fingerprint density at radius 3 is 2.88 bits per heavy atom. The fraction of sp³-hybridized carbons (Fsp3) is 0.368. The van der Waals surface area contributed by atoms with Crippen LogP contribution in [-0.4, -0.2) is 29.4 Å². The van der Waals surface area contributed by atoms with Crippen LogP contribution in [0, 0.1) is 0 Å². The van der Waals surface area contributed by atoms with E-state index in [0.717, 1.165) is 47.8 Å². The highest BCUT2D eigenvalue weighted by atomic mass is 35.5. The van der Waals surface area contributed by atoms with Crippen molar-refractivity contribution in [3.63, 3.8) is 0 Å². The van der Waals surface area contributed by atoms with Gasteiger partial charge in [0.05, 0.1) is 6.04 Å². The van der Waals surface area contributed by atoms with Crippen LogP contribution in [0.1, 0.15) is 36.4 Å². The summed E-state index contributed by atoms with van der Waals surface area (Å²) in [4.78, 5) is 19.0. The van der Waals surface area contributed by atoms with Gasteiger partial charge in [-0.25, -0.2) is 4.98 Å². The van der Waals surface area contributed by atoms with Crippen molar-refractivity contribution in [1.82, 2.24) is 9.88 Å². The summed E-state index contributed by atoms with van der Waals surface area (Å²) in [6.07, 6.45) is 5.14. The van der Waals surface area contributed by atoms with Crippen molar-refractivity contribution in [3.8, 4) is 0 Å². The van der Waals surface area contributed by atoms with Gasteiger partial charge in [-0.15, -0.1) is 0 Å². The largest absolute Gasteiger partial charge is 0.373 e. The molecule has 0 aliphatic carbocycles. The molecule has 24 heavy (non-hydrogen) atoms. The van der Waals surface area contributed by atoms with Gasteiger partial charge in [0.15, 0.2) is 0 Å². The van der Waals surface area contributed by atoms with Crippen LogP contribution < -0.4 is 5.32 Å². The van der Waals surface area contributed by atoms with Crippen LogP contribution in [0.4, 0.5) is 5.82 Å². The van der Waals surface area contributed by atoms with E-state index in [9.17, 15) is 4.79 Å². The number of likely N-dealkylation sites (tertiary alicyclic amines) is 1. The number of hydrogen-bond donors (Lipinski definition) is 1. The van der Waals surface area contributed by atoms with Crippen LogP contribution in [-0.2, 0) is 11.2 Å². The number of benzene rings is 1. The Hall–Kier alpha value is -2.07. The molecule has 1 saturated heterocycles. The molecule has 5 heteroatoms. The monoisotopic (exact) mass is 343 g/mol. The number of rotatable bonds is 5. The normalized spacial score (nSPS) is 17.1. The summed E-state index contributed by atoms with van der Waals surface area (Å²) in [5.74, 6) is 1.06. The van der Waals surface area contributed by atoms with Crippen LogP contribution in [0.5, 0.6) is 0 Å². The Labute approximate surface area is 147 Å². The van der Waals surface area contributed by atoms with Crippen LogP contribution in [0.3, 0.4) is 0 Å². The molecule has 0 spiro atoms. The molecule has 2 aromatic rings. The van der Waals surface area contributed by atoms with Gasteiger partial charge in [-0.1, -0.05) is 23.7 Å². The van der Waals surface area contributed by atoms with Crippen LogP contribution in [0.25, 0.3) is 0 Å². The average molecular weight is 344 g/mol. The number of nitrogens with one attached hydrogen (secondary N) is 1. The second kappa shape index (κ2) is 7.67. The number of anilines is 1. The molecular formula is C19H22ClN3O. The van der Waals surface area contributed by atoms with Crippen LogP contribution in [0.15, 0.2) is 42.6 Å². The molecule has 1 atom stereocenters. The van der Waals surface area contributed by atoms with E-state index in [2.05, 4.69) is 10.3 Å². The lowest BCUT2D eigenvalue weighted by atomic mass is 10.0. The first-order valence-electron chi connectivity index (χ1n) is 8.35. The van der Waals surface area contributed by atoms with Gasteiger partial charge in [-0.05, 0) is 54.7 Å². The summed E-state index contributed by atoms with van der Waals surface area (Å²) in [6, 6.07) is 11.9. The van der Waals surface area contributed by atoms with E-state index in [1.54, 1.807) is 6.20 Å². The SMILES string of the molecule is CNc1cc([C@@H]2CCCN2C(=O)CCc2ccc(Cl)cc2)ccn1. The minimum absolute atomic E-state index is 0.165. The summed E-state index contributed by atoms with van der Waals surface area (Å²) in [5, 5.41) is 3.79. The van der Waals surface area contributed by atoms with Gasteiger partial charge in [0.1, 0.15) is 5.82 Å². The van der Waals surface area contributed by atoms with Gasteiger partial charge < -0.3 is 10.2 Å². The maximum absolute atomic E-state index is 12.7. The molecule has 0 unspecified atom stereocenters. The summed E-state index contributed by atoms with van der Waals surface area (Å²) in [5.41, 5.74) is 2.30. The van der Waals surface area contributed by atoms with Crippen molar-refractivity contribution in [2.75, 3.05) is 18.9 Å². The molecule has 0 radical (unpaired) electrons. The number of carbonyl (C=O) groups is 1. The molecule has 1 amide bonds. The Bertz CT molecular complexity index is 702. The molecule has 1 aromatic heterocycles. The highest BCUT2D eigenvalue weighted by molar-refractivity contribution is 6.30. The molecular weight excluding hydrogens is 322 g/mol. The first-order chi connectivity index (χ1) is 11.7. The van der Waals surface area contributed by atoms with E-state index in [4.69, 9.17) is 11.6 Å². The summed E-state index contributed by atoms with van der Waals surface area (Å²) in [7, 11) is 1.86. The Balaban J connectivity index is 1.65. The second-order valence-electron chi connectivity index (χ2n) is 6.10. The molecule has 1 aliphatic rings. The fourth-order valence-corrected chi connectivity index (χ4v) is 3.37. The smallest absolute Gasteiger partial charge is 0.223 e.